The molecule has 0 amide bonds. The third-order valence-corrected chi connectivity index (χ3v) is 5.07. The Kier molecular flexibility index (Phi) is 5.79. The summed E-state index contributed by atoms with van der Waals surface area (Å²) in [5, 5.41) is 0.661. The van der Waals surface area contributed by atoms with E-state index < -0.39 is 5.97 Å². The van der Waals surface area contributed by atoms with Crippen LogP contribution in [0.15, 0.2) is 88.0 Å². The minimum absolute atomic E-state index is 0.239. The highest BCUT2D eigenvalue weighted by Crippen LogP contribution is 2.24. The molecule has 6 heteroatoms. The zero-order valence-corrected chi connectivity index (χ0v) is 17.5. The number of hydrogen-bond acceptors (Lipinski definition) is 4. The molecule has 0 fully saturated rings. The summed E-state index contributed by atoms with van der Waals surface area (Å²) < 4.78 is 12.0. The average molecular weight is 469 g/mol. The summed E-state index contributed by atoms with van der Waals surface area (Å²) in [6.45, 7) is 0.354. The molecule has 1 aliphatic heterocycles. The van der Waals surface area contributed by atoms with Crippen LogP contribution in [0.2, 0.25) is 5.02 Å². The Morgan fingerprint density at radius 3 is 2.69 bits per heavy atom. The van der Waals surface area contributed by atoms with E-state index in [1.165, 1.54) is 0 Å². The van der Waals surface area contributed by atoms with Crippen LogP contribution in [-0.2, 0) is 16.1 Å². The molecule has 0 N–H and O–H groups in total. The Hall–Kier alpha value is -2.89. The molecule has 0 atom stereocenters. The first-order valence-electron chi connectivity index (χ1n) is 8.83. The van der Waals surface area contributed by atoms with Gasteiger partial charge >= 0.3 is 5.97 Å². The van der Waals surface area contributed by atoms with E-state index in [0.717, 1.165) is 21.2 Å². The summed E-state index contributed by atoms with van der Waals surface area (Å²) in [7, 11) is 0. The van der Waals surface area contributed by atoms with Crippen molar-refractivity contribution in [3.63, 3.8) is 0 Å². The van der Waals surface area contributed by atoms with Crippen molar-refractivity contribution in [3.8, 4) is 5.75 Å². The number of halogens is 2. The molecule has 4 rings (SSSR count). The van der Waals surface area contributed by atoms with Gasteiger partial charge in [0, 0.05) is 20.6 Å². The number of esters is 1. The normalized spacial score (nSPS) is 14.6. The van der Waals surface area contributed by atoms with Gasteiger partial charge in [0.1, 0.15) is 12.4 Å². The van der Waals surface area contributed by atoms with Gasteiger partial charge in [0.2, 0.25) is 5.90 Å². The Morgan fingerprint density at radius 2 is 1.86 bits per heavy atom. The van der Waals surface area contributed by atoms with E-state index in [9.17, 15) is 4.79 Å². The summed E-state index contributed by atoms with van der Waals surface area (Å²) in [4.78, 5) is 16.6. The summed E-state index contributed by atoms with van der Waals surface area (Å²) in [5.74, 6) is 0.470. The number of nitrogens with zero attached hydrogens (tertiary/aromatic N) is 1. The van der Waals surface area contributed by atoms with Gasteiger partial charge in [0.25, 0.3) is 0 Å². The van der Waals surface area contributed by atoms with Gasteiger partial charge in [-0.3, -0.25) is 0 Å². The fourth-order valence-electron chi connectivity index (χ4n) is 2.78. The number of carbonyl (C=O) groups is 1. The quantitative estimate of drug-likeness (QED) is 0.339. The molecule has 0 unspecified atom stereocenters. The van der Waals surface area contributed by atoms with Crippen molar-refractivity contribution in [2.75, 3.05) is 0 Å². The van der Waals surface area contributed by atoms with Crippen molar-refractivity contribution in [1.82, 2.24) is 0 Å². The lowest BCUT2D eigenvalue weighted by Gasteiger charge is -2.08. The van der Waals surface area contributed by atoms with Crippen LogP contribution in [-0.4, -0.2) is 11.9 Å². The highest BCUT2D eigenvalue weighted by atomic mass is 79.9. The van der Waals surface area contributed by atoms with Gasteiger partial charge < -0.3 is 9.47 Å². The predicted molar refractivity (Wildman–Crippen MR) is 117 cm³/mol. The number of cyclic esters (lactones) is 1. The van der Waals surface area contributed by atoms with E-state index in [2.05, 4.69) is 20.9 Å². The maximum atomic E-state index is 12.2. The number of benzene rings is 3. The van der Waals surface area contributed by atoms with Crippen LogP contribution in [0.4, 0.5) is 0 Å². The van der Waals surface area contributed by atoms with Crippen molar-refractivity contribution < 1.29 is 14.3 Å². The molecular weight excluding hydrogens is 454 g/mol. The lowest BCUT2D eigenvalue weighted by Crippen LogP contribution is -2.05. The lowest BCUT2D eigenvalue weighted by molar-refractivity contribution is -0.129. The summed E-state index contributed by atoms with van der Waals surface area (Å²) in [5.41, 5.74) is 2.66. The Labute approximate surface area is 181 Å². The molecule has 3 aromatic rings. The standard InChI is InChI=1S/C23H15BrClNO3/c24-18-8-4-7-16(13-18)22-26-21(23(27)29-22)12-15-5-3-9-19(11-15)28-14-17-6-1-2-10-20(17)25/h1-13H,14H2/b21-12+. The number of hydrogen-bond donors (Lipinski definition) is 0. The van der Waals surface area contributed by atoms with Crippen molar-refractivity contribution >= 4 is 45.5 Å². The molecule has 144 valence electrons. The minimum Gasteiger partial charge on any atom is -0.489 e. The van der Waals surface area contributed by atoms with Gasteiger partial charge in [0.05, 0.1) is 0 Å². The topological polar surface area (TPSA) is 47.9 Å². The Morgan fingerprint density at radius 1 is 1.03 bits per heavy atom. The fourth-order valence-corrected chi connectivity index (χ4v) is 3.37. The summed E-state index contributed by atoms with van der Waals surface area (Å²) >= 11 is 9.57. The maximum absolute atomic E-state index is 12.2. The van der Waals surface area contributed by atoms with Crippen LogP contribution < -0.4 is 4.74 Å². The van der Waals surface area contributed by atoms with Crippen LogP contribution in [0.3, 0.4) is 0 Å². The number of aliphatic imine (C=N–C) groups is 1. The molecule has 0 spiro atoms. The van der Waals surface area contributed by atoms with Crippen molar-refractivity contribution in [2.45, 2.75) is 6.61 Å². The molecule has 29 heavy (non-hydrogen) atoms. The fraction of sp³-hybridized carbons (Fsp3) is 0.0435. The van der Waals surface area contributed by atoms with E-state index >= 15 is 0 Å². The second kappa shape index (κ2) is 8.64. The molecule has 4 nitrogen and oxygen atoms in total. The number of carbonyl (C=O) groups excluding carboxylic acids is 1. The highest BCUT2D eigenvalue weighted by Gasteiger charge is 2.24. The van der Waals surface area contributed by atoms with Crippen LogP contribution in [0.1, 0.15) is 16.7 Å². The van der Waals surface area contributed by atoms with Crippen LogP contribution in [0.25, 0.3) is 6.08 Å². The van der Waals surface area contributed by atoms with Gasteiger partial charge in [-0.2, -0.15) is 0 Å². The number of rotatable bonds is 5. The van der Waals surface area contributed by atoms with E-state index in [1.807, 2.05) is 72.8 Å². The van der Waals surface area contributed by atoms with Crippen molar-refractivity contribution in [1.29, 1.82) is 0 Å². The highest BCUT2D eigenvalue weighted by molar-refractivity contribution is 9.10. The first-order chi connectivity index (χ1) is 14.1. The maximum Gasteiger partial charge on any atom is 0.363 e. The summed E-state index contributed by atoms with van der Waals surface area (Å²) in [6.07, 6.45) is 1.68. The average Bonchev–Trinajstić information content (AvgIpc) is 3.08. The second-order valence-corrected chi connectivity index (χ2v) is 7.62. The molecule has 0 saturated carbocycles. The largest absolute Gasteiger partial charge is 0.489 e. The van der Waals surface area contributed by atoms with Crippen molar-refractivity contribution in [2.24, 2.45) is 4.99 Å². The summed E-state index contributed by atoms with van der Waals surface area (Å²) in [6, 6.07) is 22.4. The smallest absolute Gasteiger partial charge is 0.363 e. The third-order valence-electron chi connectivity index (χ3n) is 4.21. The number of ether oxygens (including phenoxy) is 2. The SMILES string of the molecule is O=C1OC(c2cccc(Br)c2)=N/C1=C/c1cccc(OCc2ccccc2Cl)c1. The molecular formula is C23H15BrClNO3. The van der Waals surface area contributed by atoms with Gasteiger partial charge in [0.15, 0.2) is 5.70 Å². The molecule has 1 aliphatic rings. The van der Waals surface area contributed by atoms with E-state index in [4.69, 9.17) is 21.1 Å². The third kappa shape index (κ3) is 4.75. The zero-order valence-electron chi connectivity index (χ0n) is 15.1. The van der Waals surface area contributed by atoms with E-state index in [1.54, 1.807) is 6.08 Å². The second-order valence-electron chi connectivity index (χ2n) is 6.30. The molecule has 0 aromatic heterocycles. The first kappa shape index (κ1) is 19.4. The first-order valence-corrected chi connectivity index (χ1v) is 10.0. The molecule has 3 aromatic carbocycles. The lowest BCUT2D eigenvalue weighted by atomic mass is 10.2. The van der Waals surface area contributed by atoms with Gasteiger partial charge in [-0.25, -0.2) is 9.79 Å². The van der Waals surface area contributed by atoms with Gasteiger partial charge in [-0.1, -0.05) is 63.9 Å². The molecule has 0 saturated heterocycles. The monoisotopic (exact) mass is 467 g/mol. The van der Waals surface area contributed by atoms with Crippen LogP contribution in [0.5, 0.6) is 5.75 Å². The van der Waals surface area contributed by atoms with E-state index in [0.29, 0.717) is 17.4 Å². The molecule has 1 heterocycles. The van der Waals surface area contributed by atoms with Crippen LogP contribution in [0, 0.1) is 0 Å². The predicted octanol–water partition coefficient (Wildman–Crippen LogP) is 6.03. The van der Waals surface area contributed by atoms with Crippen LogP contribution >= 0.6 is 27.5 Å². The van der Waals surface area contributed by atoms with Gasteiger partial charge in [-0.15, -0.1) is 0 Å². The molecule has 0 radical (unpaired) electrons. The zero-order chi connectivity index (χ0) is 20.2. The van der Waals surface area contributed by atoms with Crippen molar-refractivity contribution in [3.05, 3.63) is 105 Å². The van der Waals surface area contributed by atoms with Gasteiger partial charge in [-0.05, 0) is 48.0 Å². The Balaban J connectivity index is 1.53. The molecule has 0 aliphatic carbocycles. The Bertz CT molecular complexity index is 1140. The minimum atomic E-state index is -0.484. The van der Waals surface area contributed by atoms with E-state index in [-0.39, 0.29) is 11.6 Å². The molecule has 0 bridgehead atoms.